The zero-order valence-electron chi connectivity index (χ0n) is 6.82. The minimum absolute atomic E-state index is 0.439. The first-order valence-corrected chi connectivity index (χ1v) is 3.83. The molecule has 0 bridgehead atoms. The highest BCUT2D eigenvalue weighted by Crippen LogP contribution is 2.18. The molecule has 1 heterocycles. The Kier molecular flexibility index (Phi) is 1.70. The molecule has 0 amide bonds. The van der Waals surface area contributed by atoms with Crippen molar-refractivity contribution >= 4 is 22.9 Å². The first kappa shape index (κ1) is 7.73. The van der Waals surface area contributed by atoms with Gasteiger partial charge in [-0.05, 0) is 17.5 Å². The summed E-state index contributed by atoms with van der Waals surface area (Å²) in [5.74, 6) is 0.439. The van der Waals surface area contributed by atoms with Gasteiger partial charge in [-0.15, -0.1) is 0 Å². The zero-order valence-corrected chi connectivity index (χ0v) is 6.82. The van der Waals surface area contributed by atoms with Gasteiger partial charge in [-0.3, -0.25) is 4.79 Å². The topological polar surface area (TPSA) is 56.0 Å². The number of nitrogens with two attached hydrogens (primary N) is 1. The van der Waals surface area contributed by atoms with E-state index in [0.29, 0.717) is 11.4 Å². The van der Waals surface area contributed by atoms with Crippen molar-refractivity contribution in [3.8, 4) is 0 Å². The van der Waals surface area contributed by atoms with Gasteiger partial charge in [0.1, 0.15) is 5.82 Å². The maximum absolute atomic E-state index is 10.4. The normalized spacial score (nSPS) is 10.2. The predicted molar refractivity (Wildman–Crippen MR) is 51.0 cm³/mol. The van der Waals surface area contributed by atoms with Gasteiger partial charge in [0, 0.05) is 17.1 Å². The number of fused-ring (bicyclic) bond motifs is 1. The zero-order chi connectivity index (χ0) is 9.26. The quantitative estimate of drug-likeness (QED) is 0.703. The van der Waals surface area contributed by atoms with Crippen LogP contribution in [0.5, 0.6) is 0 Å². The Labute approximate surface area is 75.2 Å². The van der Waals surface area contributed by atoms with Crippen LogP contribution in [0.3, 0.4) is 0 Å². The molecule has 0 aliphatic carbocycles. The first-order valence-electron chi connectivity index (χ1n) is 3.83. The molecule has 0 fully saturated rings. The Bertz CT molecular complexity index is 465. The van der Waals surface area contributed by atoms with Crippen molar-refractivity contribution < 1.29 is 4.79 Å². The summed E-state index contributed by atoms with van der Waals surface area (Å²) < 4.78 is 0. The molecule has 3 heteroatoms. The number of anilines is 1. The van der Waals surface area contributed by atoms with Gasteiger partial charge in [0.15, 0.2) is 0 Å². The van der Waals surface area contributed by atoms with Crippen molar-refractivity contribution in [2.45, 2.75) is 0 Å². The van der Waals surface area contributed by atoms with E-state index >= 15 is 0 Å². The van der Waals surface area contributed by atoms with Gasteiger partial charge in [-0.1, -0.05) is 12.1 Å². The maximum atomic E-state index is 10.4. The SMILES string of the molecule is Nc1nccc2ccc([C]=O)cc12. The van der Waals surface area contributed by atoms with Crippen LogP contribution in [-0.2, 0) is 4.79 Å². The predicted octanol–water partition coefficient (Wildman–Crippen LogP) is 1.27. The summed E-state index contributed by atoms with van der Waals surface area (Å²) in [6.07, 6.45) is 3.45. The molecule has 2 N–H and O–H groups in total. The molecular formula is C10H7N2O. The Balaban J connectivity index is 2.81. The molecule has 0 saturated carbocycles. The second-order valence-electron chi connectivity index (χ2n) is 2.73. The summed E-state index contributed by atoms with van der Waals surface area (Å²) in [4.78, 5) is 14.3. The van der Waals surface area contributed by atoms with Gasteiger partial charge in [-0.2, -0.15) is 0 Å². The molecule has 0 aliphatic heterocycles. The fraction of sp³-hybridized carbons (Fsp3) is 0. The van der Waals surface area contributed by atoms with Crippen LogP contribution in [0.25, 0.3) is 10.8 Å². The molecule has 0 aliphatic rings. The van der Waals surface area contributed by atoms with E-state index in [-0.39, 0.29) is 0 Å². The van der Waals surface area contributed by atoms with Gasteiger partial charge in [0.05, 0.1) is 0 Å². The second kappa shape index (κ2) is 2.86. The molecule has 13 heavy (non-hydrogen) atoms. The summed E-state index contributed by atoms with van der Waals surface area (Å²) in [5, 5.41) is 1.77. The average molecular weight is 171 g/mol. The molecule has 63 valence electrons. The molecule has 0 saturated heterocycles. The lowest BCUT2D eigenvalue weighted by Gasteiger charge is -2.00. The Morgan fingerprint density at radius 2 is 2.15 bits per heavy atom. The number of pyridine rings is 1. The first-order chi connectivity index (χ1) is 6.31. The monoisotopic (exact) mass is 171 g/mol. The summed E-state index contributed by atoms with van der Waals surface area (Å²) in [6, 6.07) is 7.06. The Hall–Kier alpha value is -1.90. The molecule has 1 aromatic heterocycles. The highest BCUT2D eigenvalue weighted by molar-refractivity contribution is 5.94. The van der Waals surface area contributed by atoms with Crippen LogP contribution < -0.4 is 5.73 Å². The fourth-order valence-corrected chi connectivity index (χ4v) is 1.25. The number of benzene rings is 1. The molecule has 2 aromatic rings. The lowest BCUT2D eigenvalue weighted by Crippen LogP contribution is -1.91. The van der Waals surface area contributed by atoms with Crippen LogP contribution in [-0.4, -0.2) is 11.3 Å². The molecule has 1 aromatic carbocycles. The third kappa shape index (κ3) is 1.24. The van der Waals surface area contributed by atoms with E-state index < -0.39 is 0 Å². The summed E-state index contributed by atoms with van der Waals surface area (Å²) in [5.41, 5.74) is 6.13. The molecule has 0 unspecified atom stereocenters. The standard InChI is InChI=1S/C10H7N2O/c11-10-9-5-7(6-13)1-2-8(9)3-4-12-10/h1-5H,(H2,11,12). The van der Waals surface area contributed by atoms with E-state index in [9.17, 15) is 4.79 Å². The lowest BCUT2D eigenvalue weighted by atomic mass is 10.1. The van der Waals surface area contributed by atoms with Crippen molar-refractivity contribution in [2.24, 2.45) is 0 Å². The van der Waals surface area contributed by atoms with Gasteiger partial charge in [0.25, 0.3) is 0 Å². The number of aromatic nitrogens is 1. The smallest absolute Gasteiger partial charge is 0.233 e. The van der Waals surface area contributed by atoms with Gasteiger partial charge in [0.2, 0.25) is 6.29 Å². The number of carbonyl (C=O) groups excluding carboxylic acids is 1. The van der Waals surface area contributed by atoms with Crippen molar-refractivity contribution in [3.05, 3.63) is 36.0 Å². The van der Waals surface area contributed by atoms with Crippen LogP contribution >= 0.6 is 0 Å². The minimum Gasteiger partial charge on any atom is -0.383 e. The van der Waals surface area contributed by atoms with Crippen molar-refractivity contribution in [1.29, 1.82) is 0 Å². The average Bonchev–Trinajstić information content (AvgIpc) is 2.18. The molecular weight excluding hydrogens is 164 g/mol. The van der Waals surface area contributed by atoms with Crippen molar-refractivity contribution in [2.75, 3.05) is 5.73 Å². The van der Waals surface area contributed by atoms with Crippen LogP contribution in [0, 0.1) is 0 Å². The largest absolute Gasteiger partial charge is 0.383 e. The van der Waals surface area contributed by atoms with Crippen LogP contribution in [0.1, 0.15) is 5.56 Å². The number of nitrogen functional groups attached to an aromatic ring is 1. The van der Waals surface area contributed by atoms with Gasteiger partial charge in [-0.25, -0.2) is 4.98 Å². The van der Waals surface area contributed by atoms with Crippen LogP contribution in [0.2, 0.25) is 0 Å². The summed E-state index contributed by atoms with van der Waals surface area (Å²) in [6.45, 7) is 0. The number of rotatable bonds is 1. The van der Waals surface area contributed by atoms with Gasteiger partial charge < -0.3 is 5.73 Å². The van der Waals surface area contributed by atoms with Crippen LogP contribution in [0.4, 0.5) is 5.82 Å². The van der Waals surface area contributed by atoms with Crippen molar-refractivity contribution in [1.82, 2.24) is 4.98 Å². The third-order valence-electron chi connectivity index (χ3n) is 1.91. The number of hydrogen-bond donors (Lipinski definition) is 1. The summed E-state index contributed by atoms with van der Waals surface area (Å²) in [7, 11) is 0. The highest BCUT2D eigenvalue weighted by Gasteiger charge is 1.99. The number of nitrogens with zero attached hydrogens (tertiary/aromatic N) is 1. The third-order valence-corrected chi connectivity index (χ3v) is 1.91. The van der Waals surface area contributed by atoms with Gasteiger partial charge >= 0.3 is 0 Å². The van der Waals surface area contributed by atoms with E-state index in [0.717, 1.165) is 10.8 Å². The lowest BCUT2D eigenvalue weighted by molar-refractivity contribution is 0.563. The molecule has 1 radical (unpaired) electrons. The second-order valence-corrected chi connectivity index (χ2v) is 2.73. The van der Waals surface area contributed by atoms with E-state index in [2.05, 4.69) is 4.98 Å². The van der Waals surface area contributed by atoms with Crippen LogP contribution in [0.15, 0.2) is 30.5 Å². The van der Waals surface area contributed by atoms with E-state index in [1.807, 2.05) is 18.4 Å². The number of hydrogen-bond acceptors (Lipinski definition) is 3. The minimum atomic E-state index is 0.439. The van der Waals surface area contributed by atoms with Crippen molar-refractivity contribution in [3.63, 3.8) is 0 Å². The molecule has 0 atom stereocenters. The van der Waals surface area contributed by atoms with E-state index in [1.54, 1.807) is 18.3 Å². The van der Waals surface area contributed by atoms with E-state index in [1.165, 1.54) is 0 Å². The van der Waals surface area contributed by atoms with E-state index in [4.69, 9.17) is 5.73 Å². The molecule has 3 nitrogen and oxygen atoms in total. The molecule has 0 spiro atoms. The molecule has 2 rings (SSSR count). The Morgan fingerprint density at radius 1 is 1.31 bits per heavy atom. The Morgan fingerprint density at radius 3 is 2.92 bits per heavy atom. The highest BCUT2D eigenvalue weighted by atomic mass is 16.1. The fourth-order valence-electron chi connectivity index (χ4n) is 1.25. The summed E-state index contributed by atoms with van der Waals surface area (Å²) >= 11 is 0. The maximum Gasteiger partial charge on any atom is 0.233 e.